The number of aromatic amines is 1. The molecule has 0 fully saturated rings. The maximum Gasteiger partial charge on any atom is 0.278 e. The van der Waals surface area contributed by atoms with Crippen LogP contribution in [0.1, 0.15) is 47.3 Å². The lowest BCUT2D eigenvalue weighted by atomic mass is 9.96. The maximum absolute atomic E-state index is 12.7. The van der Waals surface area contributed by atoms with E-state index in [1.54, 1.807) is 0 Å². The summed E-state index contributed by atoms with van der Waals surface area (Å²) in [6, 6.07) is 1.92. The van der Waals surface area contributed by atoms with Crippen molar-refractivity contribution in [3.05, 3.63) is 44.9 Å². The first-order valence-electron chi connectivity index (χ1n) is 8.94. The Kier molecular flexibility index (Phi) is 5.74. The number of hydrogen-bond donors (Lipinski definition) is 1. The van der Waals surface area contributed by atoms with Gasteiger partial charge in [-0.3, -0.25) is 14.3 Å². The van der Waals surface area contributed by atoms with E-state index in [1.807, 2.05) is 33.8 Å². The summed E-state index contributed by atoms with van der Waals surface area (Å²) in [5, 5.41) is 6.76. The molecule has 27 heavy (non-hydrogen) atoms. The van der Waals surface area contributed by atoms with Crippen molar-refractivity contribution in [3.63, 3.8) is 0 Å². The minimum atomic E-state index is -0.302. The minimum Gasteiger partial charge on any atom is -0.492 e. The number of nitrogens with one attached hydrogen (secondary N) is 1. The highest BCUT2D eigenvalue weighted by atomic mass is 32.2. The molecule has 0 saturated carbocycles. The van der Waals surface area contributed by atoms with Crippen molar-refractivity contribution in [2.45, 2.75) is 45.6 Å². The van der Waals surface area contributed by atoms with Crippen molar-refractivity contribution in [2.24, 2.45) is 5.16 Å². The molecule has 0 saturated heterocycles. The number of aryl methyl sites for hydroxylation is 2. The molecule has 0 radical (unpaired) electrons. The molecule has 0 aliphatic carbocycles. The highest BCUT2D eigenvalue weighted by Gasteiger charge is 2.26. The summed E-state index contributed by atoms with van der Waals surface area (Å²) in [5.74, 6) is 0.781. The number of ether oxygens (including phenoxy) is 1. The number of fused-ring (bicyclic) bond motifs is 1. The third kappa shape index (κ3) is 3.66. The topological polar surface area (TPSA) is 85.7 Å². The standard InChI is InChI=1S/C19H23N3O4S/c1-5-22-18(23)13(10-20-22)19(24)27-15-9-11(3)17-16(12(15)4)14(7-8-25-17)21-26-6-2/h9-10,20H,5-8H2,1-4H3. The summed E-state index contributed by atoms with van der Waals surface area (Å²) in [7, 11) is 0. The van der Waals surface area contributed by atoms with Crippen LogP contribution in [-0.4, -0.2) is 33.8 Å². The zero-order valence-electron chi connectivity index (χ0n) is 15.9. The van der Waals surface area contributed by atoms with E-state index >= 15 is 0 Å². The van der Waals surface area contributed by atoms with Crippen molar-refractivity contribution in [2.75, 3.05) is 13.2 Å². The zero-order chi connectivity index (χ0) is 19.6. The molecule has 3 rings (SSSR count). The van der Waals surface area contributed by atoms with Gasteiger partial charge in [-0.15, -0.1) is 0 Å². The number of nitrogens with zero attached hydrogens (tertiary/aromatic N) is 2. The summed E-state index contributed by atoms with van der Waals surface area (Å²) < 4.78 is 7.24. The van der Waals surface area contributed by atoms with Gasteiger partial charge in [-0.25, -0.2) is 0 Å². The molecular weight excluding hydrogens is 366 g/mol. The molecule has 1 aromatic carbocycles. The molecule has 8 heteroatoms. The maximum atomic E-state index is 12.7. The number of rotatable bonds is 5. The summed E-state index contributed by atoms with van der Waals surface area (Å²) in [5.41, 5.74) is 3.38. The van der Waals surface area contributed by atoms with Crippen molar-refractivity contribution in [3.8, 4) is 5.75 Å². The molecule has 1 aliphatic heterocycles. The van der Waals surface area contributed by atoms with Gasteiger partial charge in [0.1, 0.15) is 17.9 Å². The fraction of sp³-hybridized carbons (Fsp3) is 0.421. The van der Waals surface area contributed by atoms with Crippen LogP contribution in [0.2, 0.25) is 0 Å². The molecule has 2 aromatic rings. The van der Waals surface area contributed by atoms with Gasteiger partial charge in [0.25, 0.3) is 5.56 Å². The lowest BCUT2D eigenvalue weighted by Crippen LogP contribution is -2.20. The van der Waals surface area contributed by atoms with Gasteiger partial charge in [-0.05, 0) is 56.7 Å². The van der Waals surface area contributed by atoms with Crippen molar-refractivity contribution < 1.29 is 14.4 Å². The monoisotopic (exact) mass is 389 g/mol. The van der Waals surface area contributed by atoms with Crippen LogP contribution in [0.3, 0.4) is 0 Å². The summed E-state index contributed by atoms with van der Waals surface area (Å²) >= 11 is 1.05. The predicted molar refractivity (Wildman–Crippen MR) is 105 cm³/mol. The molecule has 0 unspecified atom stereocenters. The first-order chi connectivity index (χ1) is 13.0. The Bertz CT molecular complexity index is 959. The van der Waals surface area contributed by atoms with E-state index in [1.165, 1.54) is 10.9 Å². The second-order valence-electron chi connectivity index (χ2n) is 6.20. The number of thioether (sulfide) groups is 1. The molecule has 0 amide bonds. The van der Waals surface area contributed by atoms with Gasteiger partial charge >= 0.3 is 0 Å². The van der Waals surface area contributed by atoms with E-state index in [-0.39, 0.29) is 16.2 Å². The average molecular weight is 389 g/mol. The normalized spacial score (nSPS) is 14.7. The second-order valence-corrected chi connectivity index (χ2v) is 7.22. The Morgan fingerprint density at radius 2 is 2.19 bits per heavy atom. The number of H-pyrrole nitrogens is 1. The Labute approximate surface area is 161 Å². The van der Waals surface area contributed by atoms with E-state index < -0.39 is 0 Å². The van der Waals surface area contributed by atoms with Gasteiger partial charge < -0.3 is 14.7 Å². The Balaban J connectivity index is 1.99. The Morgan fingerprint density at radius 1 is 1.41 bits per heavy atom. The van der Waals surface area contributed by atoms with Crippen molar-refractivity contribution in [1.82, 2.24) is 9.78 Å². The molecule has 1 aromatic heterocycles. The molecule has 2 heterocycles. The van der Waals surface area contributed by atoms with E-state index in [2.05, 4.69) is 10.3 Å². The number of carbonyl (C=O) groups excluding carboxylic acids is 1. The number of benzene rings is 1. The van der Waals surface area contributed by atoms with Gasteiger partial charge in [0.05, 0.1) is 12.3 Å². The quantitative estimate of drug-likeness (QED) is 0.627. The highest BCUT2D eigenvalue weighted by Crippen LogP contribution is 2.38. The summed E-state index contributed by atoms with van der Waals surface area (Å²) in [6.45, 7) is 9.12. The smallest absolute Gasteiger partial charge is 0.278 e. The third-order valence-electron chi connectivity index (χ3n) is 4.43. The molecule has 1 N–H and O–H groups in total. The SMILES string of the molecule is CCON=C1CCOc2c(C)cc(SC(=O)c3c[nH]n(CC)c3=O)c(C)c21. The lowest BCUT2D eigenvalue weighted by Gasteiger charge is -2.24. The van der Waals surface area contributed by atoms with Gasteiger partial charge in [-0.2, -0.15) is 0 Å². The first-order valence-corrected chi connectivity index (χ1v) is 9.76. The molecule has 0 atom stereocenters. The number of oxime groups is 1. The van der Waals surface area contributed by atoms with E-state index in [0.717, 1.165) is 44.8 Å². The number of aromatic nitrogens is 2. The van der Waals surface area contributed by atoms with Crippen molar-refractivity contribution >= 4 is 22.6 Å². The Hall–Kier alpha value is -2.48. The predicted octanol–water partition coefficient (Wildman–Crippen LogP) is 3.27. The van der Waals surface area contributed by atoms with Crippen LogP contribution in [-0.2, 0) is 11.4 Å². The molecule has 0 spiro atoms. The van der Waals surface area contributed by atoms with Crippen LogP contribution in [0.4, 0.5) is 0 Å². The highest BCUT2D eigenvalue weighted by molar-refractivity contribution is 8.14. The van der Waals surface area contributed by atoms with Gasteiger partial charge in [0, 0.05) is 29.6 Å². The van der Waals surface area contributed by atoms with Gasteiger partial charge in [0.2, 0.25) is 5.12 Å². The van der Waals surface area contributed by atoms with E-state index in [9.17, 15) is 9.59 Å². The van der Waals surface area contributed by atoms with E-state index in [0.29, 0.717) is 26.2 Å². The fourth-order valence-corrected chi connectivity index (χ4v) is 4.00. The number of carbonyl (C=O) groups is 1. The van der Waals surface area contributed by atoms with Crippen LogP contribution < -0.4 is 10.3 Å². The van der Waals surface area contributed by atoms with Crippen molar-refractivity contribution in [1.29, 1.82) is 0 Å². The summed E-state index contributed by atoms with van der Waals surface area (Å²) in [4.78, 5) is 31.0. The first kappa shape index (κ1) is 19.3. The van der Waals surface area contributed by atoms with E-state index in [4.69, 9.17) is 9.57 Å². The molecule has 1 aliphatic rings. The lowest BCUT2D eigenvalue weighted by molar-refractivity contribution is 0.108. The second kappa shape index (κ2) is 8.04. The summed E-state index contributed by atoms with van der Waals surface area (Å²) in [6.07, 6.45) is 2.11. The molecule has 144 valence electrons. The van der Waals surface area contributed by atoms with Crippen LogP contribution >= 0.6 is 11.8 Å². The largest absolute Gasteiger partial charge is 0.492 e. The van der Waals surface area contributed by atoms with Gasteiger partial charge in [0.15, 0.2) is 0 Å². The molecular formula is C19H23N3O4S. The Morgan fingerprint density at radius 3 is 2.85 bits per heavy atom. The number of hydrogen-bond acceptors (Lipinski definition) is 6. The van der Waals surface area contributed by atoms with Crippen LogP contribution in [0.5, 0.6) is 5.75 Å². The fourth-order valence-electron chi connectivity index (χ4n) is 3.05. The molecule has 7 nitrogen and oxygen atoms in total. The van der Waals surface area contributed by atoms with Crippen LogP contribution in [0, 0.1) is 13.8 Å². The van der Waals surface area contributed by atoms with Crippen LogP contribution in [0.15, 0.2) is 27.1 Å². The van der Waals surface area contributed by atoms with Crippen LogP contribution in [0.25, 0.3) is 0 Å². The minimum absolute atomic E-state index is 0.149. The zero-order valence-corrected chi connectivity index (χ0v) is 16.7. The van der Waals surface area contributed by atoms with Gasteiger partial charge in [-0.1, -0.05) is 5.16 Å². The average Bonchev–Trinajstić information content (AvgIpc) is 3.04. The third-order valence-corrected chi connectivity index (χ3v) is 5.48. The molecule has 0 bridgehead atoms.